The molecule has 0 aromatic rings. The fourth-order valence-electron chi connectivity index (χ4n) is 0.199. The summed E-state index contributed by atoms with van der Waals surface area (Å²) in [5, 5.41) is 2.68. The Kier molecular flexibility index (Phi) is 3.50. The first-order valence-corrected chi connectivity index (χ1v) is 2.29. The molecule has 42 valence electrons. The molecule has 0 saturated heterocycles. The monoisotopic (exact) mass is 102 g/mol. The lowest BCUT2D eigenvalue weighted by atomic mass is 10.7. The molecule has 0 rings (SSSR count). The molecule has 3 nitrogen and oxygen atoms in total. The minimum atomic E-state index is 0.302. The SMILES string of the molecule is CCN(C)CN=O. The maximum Gasteiger partial charge on any atom is 0.133 e. The molecule has 0 aliphatic heterocycles. The molecule has 0 amide bonds. The van der Waals surface area contributed by atoms with Gasteiger partial charge in [-0.25, -0.2) is 0 Å². The van der Waals surface area contributed by atoms with Crippen molar-refractivity contribution in [1.82, 2.24) is 4.90 Å². The summed E-state index contributed by atoms with van der Waals surface area (Å²) in [6.45, 7) is 3.16. The van der Waals surface area contributed by atoms with Gasteiger partial charge in [-0.05, 0) is 13.6 Å². The van der Waals surface area contributed by atoms with Gasteiger partial charge in [0.05, 0.1) is 0 Å². The molecule has 0 aliphatic carbocycles. The molecular weight excluding hydrogens is 92.1 g/mol. The van der Waals surface area contributed by atoms with E-state index in [0.29, 0.717) is 6.67 Å². The molecule has 0 spiro atoms. The average molecular weight is 102 g/mol. The molecule has 0 unspecified atom stereocenters. The first-order chi connectivity index (χ1) is 3.31. The van der Waals surface area contributed by atoms with Gasteiger partial charge in [-0.15, -0.1) is 4.91 Å². The van der Waals surface area contributed by atoms with Crippen LogP contribution < -0.4 is 0 Å². The van der Waals surface area contributed by atoms with E-state index in [2.05, 4.69) is 5.18 Å². The first-order valence-electron chi connectivity index (χ1n) is 2.29. The Morgan fingerprint density at radius 1 is 1.71 bits per heavy atom. The summed E-state index contributed by atoms with van der Waals surface area (Å²) in [5.74, 6) is 0. The van der Waals surface area contributed by atoms with Gasteiger partial charge in [0.25, 0.3) is 0 Å². The maximum absolute atomic E-state index is 9.48. The Bertz CT molecular complexity index is 55.7. The van der Waals surface area contributed by atoms with Gasteiger partial charge in [-0.3, -0.25) is 4.90 Å². The van der Waals surface area contributed by atoms with Crippen LogP contribution in [0.2, 0.25) is 0 Å². The third-order valence-electron chi connectivity index (χ3n) is 0.839. The Hall–Kier alpha value is -0.440. The van der Waals surface area contributed by atoms with Gasteiger partial charge in [-0.2, -0.15) is 0 Å². The zero-order valence-corrected chi connectivity index (χ0v) is 4.72. The summed E-state index contributed by atoms with van der Waals surface area (Å²) in [6.07, 6.45) is 0. The summed E-state index contributed by atoms with van der Waals surface area (Å²) in [6, 6.07) is 0. The molecule has 0 fully saturated rings. The topological polar surface area (TPSA) is 32.7 Å². The van der Waals surface area contributed by atoms with E-state index < -0.39 is 0 Å². The van der Waals surface area contributed by atoms with Crippen molar-refractivity contribution in [3.05, 3.63) is 4.91 Å². The van der Waals surface area contributed by atoms with Gasteiger partial charge in [0.1, 0.15) is 6.67 Å². The van der Waals surface area contributed by atoms with Crippen LogP contribution in [-0.2, 0) is 0 Å². The largest absolute Gasteiger partial charge is 0.285 e. The van der Waals surface area contributed by atoms with Crippen LogP contribution in [-0.4, -0.2) is 25.2 Å². The second-order valence-corrected chi connectivity index (χ2v) is 1.44. The summed E-state index contributed by atoms with van der Waals surface area (Å²) in [5.41, 5.74) is 0. The van der Waals surface area contributed by atoms with Crippen molar-refractivity contribution in [3.8, 4) is 0 Å². The van der Waals surface area contributed by atoms with Crippen LogP contribution in [0.5, 0.6) is 0 Å². The van der Waals surface area contributed by atoms with Crippen LogP contribution in [0.15, 0.2) is 5.18 Å². The average Bonchev–Trinajstić information content (AvgIpc) is 1.68. The summed E-state index contributed by atoms with van der Waals surface area (Å²) in [4.78, 5) is 11.3. The molecule has 0 saturated carbocycles. The third kappa shape index (κ3) is 3.39. The van der Waals surface area contributed by atoms with Crippen molar-refractivity contribution >= 4 is 0 Å². The number of hydrogen-bond donors (Lipinski definition) is 0. The van der Waals surface area contributed by atoms with E-state index in [9.17, 15) is 4.91 Å². The van der Waals surface area contributed by atoms with Gasteiger partial charge in [0.15, 0.2) is 0 Å². The molecule has 0 atom stereocenters. The van der Waals surface area contributed by atoms with Crippen molar-refractivity contribution in [2.24, 2.45) is 5.18 Å². The lowest BCUT2D eigenvalue weighted by Gasteiger charge is -2.05. The van der Waals surface area contributed by atoms with E-state index in [0.717, 1.165) is 6.54 Å². The second kappa shape index (κ2) is 3.74. The highest BCUT2D eigenvalue weighted by Gasteiger charge is 1.87. The van der Waals surface area contributed by atoms with Crippen LogP contribution in [0.1, 0.15) is 6.92 Å². The molecule has 0 aromatic heterocycles. The predicted molar refractivity (Wildman–Crippen MR) is 29.0 cm³/mol. The number of hydrogen-bond acceptors (Lipinski definition) is 3. The van der Waals surface area contributed by atoms with Crippen molar-refractivity contribution in [2.75, 3.05) is 20.3 Å². The van der Waals surface area contributed by atoms with E-state index in [4.69, 9.17) is 0 Å². The lowest BCUT2D eigenvalue weighted by molar-refractivity contribution is 0.364. The zero-order valence-electron chi connectivity index (χ0n) is 4.72. The van der Waals surface area contributed by atoms with Gasteiger partial charge in [0.2, 0.25) is 0 Å². The summed E-state index contributed by atoms with van der Waals surface area (Å²) < 4.78 is 0. The van der Waals surface area contributed by atoms with Crippen LogP contribution in [0.25, 0.3) is 0 Å². The fourth-order valence-corrected chi connectivity index (χ4v) is 0.199. The van der Waals surface area contributed by atoms with Crippen molar-refractivity contribution in [1.29, 1.82) is 0 Å². The normalized spacial score (nSPS) is 9.57. The van der Waals surface area contributed by atoms with Crippen LogP contribution in [0, 0.1) is 4.91 Å². The summed E-state index contributed by atoms with van der Waals surface area (Å²) in [7, 11) is 1.85. The standard InChI is InChI=1S/C4H10N2O/c1-3-6(2)4-5-7/h3-4H2,1-2H3. The molecule has 0 heterocycles. The molecule has 0 aliphatic rings. The Morgan fingerprint density at radius 2 is 2.29 bits per heavy atom. The molecule has 0 bridgehead atoms. The lowest BCUT2D eigenvalue weighted by Crippen LogP contribution is -2.16. The van der Waals surface area contributed by atoms with Crippen molar-refractivity contribution in [3.63, 3.8) is 0 Å². The van der Waals surface area contributed by atoms with Crippen molar-refractivity contribution < 1.29 is 0 Å². The van der Waals surface area contributed by atoms with E-state index in [1.54, 1.807) is 0 Å². The Labute approximate surface area is 43.3 Å². The van der Waals surface area contributed by atoms with Crippen LogP contribution in [0.3, 0.4) is 0 Å². The smallest absolute Gasteiger partial charge is 0.133 e. The predicted octanol–water partition coefficient (Wildman–Crippen LogP) is 0.662. The molecule has 0 aromatic carbocycles. The highest BCUT2D eigenvalue weighted by molar-refractivity contribution is 4.40. The van der Waals surface area contributed by atoms with Gasteiger partial charge in [-0.1, -0.05) is 12.1 Å². The minimum absolute atomic E-state index is 0.302. The first kappa shape index (κ1) is 6.56. The molecule has 0 radical (unpaired) electrons. The minimum Gasteiger partial charge on any atom is -0.285 e. The van der Waals surface area contributed by atoms with Crippen LogP contribution in [0.4, 0.5) is 0 Å². The molecular formula is C4H10N2O. The quantitative estimate of drug-likeness (QED) is 0.490. The van der Waals surface area contributed by atoms with E-state index in [1.807, 2.05) is 18.9 Å². The van der Waals surface area contributed by atoms with Gasteiger partial charge >= 0.3 is 0 Å². The third-order valence-corrected chi connectivity index (χ3v) is 0.839. The number of nitrogens with zero attached hydrogens (tertiary/aromatic N) is 2. The van der Waals surface area contributed by atoms with E-state index in [-0.39, 0.29) is 0 Å². The molecule has 3 heteroatoms. The Balaban J connectivity index is 2.98. The maximum atomic E-state index is 9.48. The zero-order chi connectivity index (χ0) is 5.70. The Morgan fingerprint density at radius 3 is 2.43 bits per heavy atom. The molecule has 0 N–H and O–H groups in total. The van der Waals surface area contributed by atoms with E-state index in [1.165, 1.54) is 0 Å². The van der Waals surface area contributed by atoms with Gasteiger partial charge < -0.3 is 0 Å². The molecule has 7 heavy (non-hydrogen) atoms. The number of rotatable bonds is 3. The van der Waals surface area contributed by atoms with Crippen LogP contribution >= 0.6 is 0 Å². The van der Waals surface area contributed by atoms with Gasteiger partial charge in [0, 0.05) is 0 Å². The van der Waals surface area contributed by atoms with Crippen molar-refractivity contribution in [2.45, 2.75) is 6.92 Å². The number of nitroso groups, excluding NO2 is 1. The highest BCUT2D eigenvalue weighted by atomic mass is 16.3. The highest BCUT2D eigenvalue weighted by Crippen LogP contribution is 1.77. The second-order valence-electron chi connectivity index (χ2n) is 1.44. The summed E-state index contributed by atoms with van der Waals surface area (Å²) >= 11 is 0. The fraction of sp³-hybridized carbons (Fsp3) is 1.00. The van der Waals surface area contributed by atoms with E-state index >= 15 is 0 Å².